The van der Waals surface area contributed by atoms with E-state index in [2.05, 4.69) is 19.9 Å². The van der Waals surface area contributed by atoms with E-state index in [1.165, 1.54) is 24.6 Å². The summed E-state index contributed by atoms with van der Waals surface area (Å²) in [6, 6.07) is 7.93. The Morgan fingerprint density at radius 1 is 1.35 bits per heavy atom. The molecule has 0 spiro atoms. The number of carbonyl (C=O) groups excluding carboxylic acids is 1. The predicted octanol–water partition coefficient (Wildman–Crippen LogP) is 5.42. The summed E-state index contributed by atoms with van der Waals surface area (Å²) in [6.45, 7) is 5.61. The van der Waals surface area contributed by atoms with Gasteiger partial charge in [0.05, 0.1) is 4.91 Å². The number of rotatable bonds is 7. The van der Waals surface area contributed by atoms with Crippen molar-refractivity contribution in [3.63, 3.8) is 0 Å². The lowest BCUT2D eigenvalue weighted by atomic mass is 9.99. The molecule has 1 aromatic rings. The fourth-order valence-corrected chi connectivity index (χ4v) is 4.51. The third kappa shape index (κ3) is 4.38. The van der Waals surface area contributed by atoms with Gasteiger partial charge in [0.25, 0.3) is 5.91 Å². The van der Waals surface area contributed by atoms with Gasteiger partial charge in [0.1, 0.15) is 16.7 Å². The van der Waals surface area contributed by atoms with Crippen LogP contribution >= 0.6 is 24.0 Å². The number of thioether (sulfide) groups is 1. The van der Waals surface area contributed by atoms with E-state index < -0.39 is 0 Å². The maximum atomic E-state index is 12.8. The molecule has 2 aliphatic rings. The molecular formula is C21H25NO2S2. The Morgan fingerprint density at radius 3 is 2.92 bits per heavy atom. The van der Waals surface area contributed by atoms with Crippen molar-refractivity contribution in [2.24, 2.45) is 5.92 Å². The summed E-state index contributed by atoms with van der Waals surface area (Å²) in [5.41, 5.74) is 2.05. The Balaban J connectivity index is 1.72. The Bertz CT molecular complexity index is 754. The van der Waals surface area contributed by atoms with Crippen molar-refractivity contribution < 1.29 is 9.53 Å². The number of fused-ring (bicyclic) bond motifs is 1. The number of amides is 1. The summed E-state index contributed by atoms with van der Waals surface area (Å²) < 4.78 is 6.46. The van der Waals surface area contributed by atoms with Crippen LogP contribution in [-0.4, -0.2) is 28.3 Å². The van der Waals surface area contributed by atoms with Gasteiger partial charge in [-0.1, -0.05) is 75.3 Å². The van der Waals surface area contributed by atoms with E-state index in [9.17, 15) is 4.79 Å². The van der Waals surface area contributed by atoms with Gasteiger partial charge in [-0.2, -0.15) is 0 Å². The maximum Gasteiger partial charge on any atom is 0.266 e. The number of ether oxygens (including phenoxy) is 1. The first-order valence-corrected chi connectivity index (χ1v) is 10.5. The normalized spacial score (nSPS) is 19.4. The van der Waals surface area contributed by atoms with E-state index in [0.717, 1.165) is 36.3 Å². The minimum Gasteiger partial charge on any atom is -0.488 e. The molecule has 138 valence electrons. The number of hydrogen-bond donors (Lipinski definition) is 0. The highest BCUT2D eigenvalue weighted by Crippen LogP contribution is 2.35. The Kier molecular flexibility index (Phi) is 6.54. The largest absolute Gasteiger partial charge is 0.488 e. The van der Waals surface area contributed by atoms with Crippen LogP contribution in [0.4, 0.5) is 0 Å². The highest BCUT2D eigenvalue weighted by molar-refractivity contribution is 8.26. The highest BCUT2D eigenvalue weighted by atomic mass is 32.2. The molecule has 0 aliphatic carbocycles. The summed E-state index contributed by atoms with van der Waals surface area (Å²) in [6.07, 6.45) is 8.63. The number of nitrogens with zero attached hydrogens (tertiary/aromatic N) is 1. The molecule has 3 nitrogen and oxygen atoms in total. The fourth-order valence-electron chi connectivity index (χ4n) is 3.22. The van der Waals surface area contributed by atoms with Crippen molar-refractivity contribution in [3.05, 3.63) is 46.4 Å². The van der Waals surface area contributed by atoms with Gasteiger partial charge in [-0.15, -0.1) is 0 Å². The molecule has 2 aliphatic heterocycles. The number of hydrogen-bond acceptors (Lipinski definition) is 4. The second kappa shape index (κ2) is 8.87. The molecule has 5 heteroatoms. The zero-order valence-electron chi connectivity index (χ0n) is 15.4. The molecule has 1 amide bonds. The molecule has 3 rings (SSSR count). The van der Waals surface area contributed by atoms with E-state index in [1.54, 1.807) is 4.90 Å². The van der Waals surface area contributed by atoms with Crippen molar-refractivity contribution in [3.8, 4) is 5.75 Å². The van der Waals surface area contributed by atoms with Crippen LogP contribution in [0.1, 0.15) is 45.1 Å². The van der Waals surface area contributed by atoms with Crippen LogP contribution in [0.25, 0.3) is 6.08 Å². The van der Waals surface area contributed by atoms with Crippen LogP contribution in [0.2, 0.25) is 0 Å². The lowest BCUT2D eigenvalue weighted by molar-refractivity contribution is -0.122. The third-order valence-corrected chi connectivity index (χ3v) is 6.21. The number of carbonyl (C=O) groups is 1. The number of thiocarbonyl (C=S) groups is 1. The van der Waals surface area contributed by atoms with Gasteiger partial charge < -0.3 is 4.74 Å². The summed E-state index contributed by atoms with van der Waals surface area (Å²) >= 11 is 6.89. The molecule has 0 N–H and O–H groups in total. The Hall–Kier alpha value is -1.59. The van der Waals surface area contributed by atoms with Crippen molar-refractivity contribution in [1.82, 2.24) is 4.90 Å². The zero-order chi connectivity index (χ0) is 18.5. The summed E-state index contributed by atoms with van der Waals surface area (Å²) in [5, 5.41) is 0. The van der Waals surface area contributed by atoms with Crippen LogP contribution in [-0.2, 0) is 4.79 Å². The molecular weight excluding hydrogens is 362 g/mol. The van der Waals surface area contributed by atoms with Gasteiger partial charge in [-0.25, -0.2) is 0 Å². The Labute approximate surface area is 165 Å². The van der Waals surface area contributed by atoms with Gasteiger partial charge in [-0.05, 0) is 36.1 Å². The molecule has 0 saturated carbocycles. The average molecular weight is 388 g/mol. The second-order valence-corrected chi connectivity index (χ2v) is 8.43. The van der Waals surface area contributed by atoms with Gasteiger partial charge in [0.2, 0.25) is 0 Å². The van der Waals surface area contributed by atoms with Crippen LogP contribution in [0.15, 0.2) is 40.8 Å². The molecule has 2 heterocycles. The third-order valence-electron chi connectivity index (χ3n) is 4.83. The van der Waals surface area contributed by atoms with Crippen LogP contribution < -0.4 is 4.74 Å². The van der Waals surface area contributed by atoms with Gasteiger partial charge in [0, 0.05) is 12.1 Å². The van der Waals surface area contributed by atoms with Gasteiger partial charge in [-0.3, -0.25) is 9.69 Å². The van der Waals surface area contributed by atoms with Crippen molar-refractivity contribution in [1.29, 1.82) is 0 Å². The van der Waals surface area contributed by atoms with E-state index >= 15 is 0 Å². The van der Waals surface area contributed by atoms with Crippen molar-refractivity contribution in [2.75, 3.05) is 13.2 Å². The van der Waals surface area contributed by atoms with E-state index in [0.29, 0.717) is 21.8 Å². The standard InChI is InChI=1S/C21H25NO2S2/c1-3-5-8-15(4-2)13-22-20(23)19(26-21(22)25)12-16-11-17-9-6-7-10-18(17)24-14-16/h6-7,9-12,15H,3-5,8,13-14H2,1-2H3/b19-12+. The van der Waals surface area contributed by atoms with Crippen molar-refractivity contribution >= 4 is 40.3 Å². The molecule has 1 atom stereocenters. The van der Waals surface area contributed by atoms with Crippen LogP contribution in [0, 0.1) is 5.92 Å². The van der Waals surface area contributed by atoms with Gasteiger partial charge in [0.15, 0.2) is 0 Å². The second-order valence-electron chi connectivity index (χ2n) is 6.75. The Morgan fingerprint density at radius 2 is 2.15 bits per heavy atom. The topological polar surface area (TPSA) is 29.5 Å². The first kappa shape index (κ1) is 19.2. The lowest BCUT2D eigenvalue weighted by Gasteiger charge is -2.21. The maximum absolute atomic E-state index is 12.8. The quantitative estimate of drug-likeness (QED) is 0.461. The van der Waals surface area contributed by atoms with E-state index in [-0.39, 0.29) is 5.91 Å². The molecule has 1 saturated heterocycles. The fraction of sp³-hybridized carbons (Fsp3) is 0.429. The van der Waals surface area contributed by atoms with E-state index in [4.69, 9.17) is 17.0 Å². The highest BCUT2D eigenvalue weighted by Gasteiger charge is 2.33. The summed E-state index contributed by atoms with van der Waals surface area (Å²) in [7, 11) is 0. The number of para-hydroxylation sites is 1. The average Bonchev–Trinajstić information content (AvgIpc) is 2.92. The first-order valence-electron chi connectivity index (χ1n) is 9.30. The van der Waals surface area contributed by atoms with E-state index in [1.807, 2.05) is 30.3 Å². The SMILES string of the molecule is CCCCC(CC)CN1C(=O)/C(=C\C2=Cc3ccccc3OC2)SC1=S. The van der Waals surface area contributed by atoms with Crippen LogP contribution in [0.3, 0.4) is 0 Å². The molecule has 0 aromatic heterocycles. The molecule has 1 unspecified atom stereocenters. The first-order chi connectivity index (χ1) is 12.6. The summed E-state index contributed by atoms with van der Waals surface area (Å²) in [5.74, 6) is 1.44. The molecule has 0 bridgehead atoms. The van der Waals surface area contributed by atoms with Crippen LogP contribution in [0.5, 0.6) is 5.75 Å². The zero-order valence-corrected chi connectivity index (χ0v) is 17.0. The predicted molar refractivity (Wildman–Crippen MR) is 113 cm³/mol. The smallest absolute Gasteiger partial charge is 0.266 e. The molecule has 1 aromatic carbocycles. The summed E-state index contributed by atoms with van der Waals surface area (Å²) in [4.78, 5) is 15.3. The molecule has 1 fully saturated rings. The molecule has 0 radical (unpaired) electrons. The monoisotopic (exact) mass is 387 g/mol. The lowest BCUT2D eigenvalue weighted by Crippen LogP contribution is -2.33. The molecule has 26 heavy (non-hydrogen) atoms. The van der Waals surface area contributed by atoms with Gasteiger partial charge >= 0.3 is 0 Å². The minimum absolute atomic E-state index is 0.0368. The minimum atomic E-state index is 0.0368. The number of unbranched alkanes of at least 4 members (excludes halogenated alkanes) is 1. The number of benzene rings is 1. The van der Waals surface area contributed by atoms with Crippen molar-refractivity contribution in [2.45, 2.75) is 39.5 Å².